The van der Waals surface area contributed by atoms with Crippen molar-refractivity contribution in [1.82, 2.24) is 0 Å². The zero-order valence-electron chi connectivity index (χ0n) is 17.7. The second-order valence-corrected chi connectivity index (χ2v) is 6.63. The van der Waals surface area contributed by atoms with Gasteiger partial charge in [0.25, 0.3) is 0 Å². The van der Waals surface area contributed by atoms with E-state index in [0.29, 0.717) is 0 Å². The highest BCUT2D eigenvalue weighted by Crippen LogP contribution is 2.25. The number of rotatable bonds is 8. The van der Waals surface area contributed by atoms with Gasteiger partial charge in [-0.25, -0.2) is 0 Å². The summed E-state index contributed by atoms with van der Waals surface area (Å²) in [6.07, 6.45) is 8.21. The van der Waals surface area contributed by atoms with E-state index in [1.165, 1.54) is 0 Å². The Bertz CT molecular complexity index is 904. The van der Waals surface area contributed by atoms with Crippen LogP contribution in [0.5, 0.6) is 23.0 Å². The van der Waals surface area contributed by atoms with E-state index in [0.717, 1.165) is 45.3 Å². The smallest absolute Gasteiger partial charge is 0.123 e. The number of hydrogen-bond donors (Lipinski definition) is 0. The lowest BCUT2D eigenvalue weighted by Crippen LogP contribution is -1.88. The van der Waals surface area contributed by atoms with Crippen LogP contribution < -0.4 is 18.9 Å². The fraction of sp³-hybridized carbons (Fsp3) is 0.154. The standard InChI is InChI=1S/C26H26O4/c1-27-23-13-21(14-24(17-23)28-2)11-9-19-5-7-20(8-6-19)10-12-22-15-25(29-3)18-26(16-22)30-4/h5-18H,1-4H3/b11-9+,12-10+. The molecule has 0 unspecified atom stereocenters. The second-order valence-electron chi connectivity index (χ2n) is 6.63. The van der Waals surface area contributed by atoms with Crippen molar-refractivity contribution < 1.29 is 18.9 Å². The van der Waals surface area contributed by atoms with E-state index < -0.39 is 0 Å². The lowest BCUT2D eigenvalue weighted by Gasteiger charge is -2.06. The van der Waals surface area contributed by atoms with Crippen LogP contribution >= 0.6 is 0 Å². The third-order valence-corrected chi connectivity index (χ3v) is 4.62. The molecule has 4 nitrogen and oxygen atoms in total. The van der Waals surface area contributed by atoms with E-state index in [-0.39, 0.29) is 0 Å². The Morgan fingerprint density at radius 1 is 0.400 bits per heavy atom. The molecule has 0 saturated carbocycles. The molecule has 0 aliphatic heterocycles. The summed E-state index contributed by atoms with van der Waals surface area (Å²) in [4.78, 5) is 0. The summed E-state index contributed by atoms with van der Waals surface area (Å²) in [7, 11) is 6.60. The van der Waals surface area contributed by atoms with Crippen molar-refractivity contribution in [3.05, 3.63) is 82.9 Å². The molecule has 3 rings (SSSR count). The minimum Gasteiger partial charge on any atom is -0.497 e. The number of ether oxygens (including phenoxy) is 4. The van der Waals surface area contributed by atoms with Gasteiger partial charge in [0.2, 0.25) is 0 Å². The monoisotopic (exact) mass is 402 g/mol. The van der Waals surface area contributed by atoms with E-state index in [4.69, 9.17) is 18.9 Å². The van der Waals surface area contributed by atoms with Crippen LogP contribution in [0, 0.1) is 0 Å². The summed E-state index contributed by atoms with van der Waals surface area (Å²) in [6, 6.07) is 19.9. The minimum atomic E-state index is 0.767. The van der Waals surface area contributed by atoms with E-state index in [1.54, 1.807) is 28.4 Å². The van der Waals surface area contributed by atoms with E-state index in [2.05, 4.69) is 36.4 Å². The van der Waals surface area contributed by atoms with Crippen LogP contribution in [0.1, 0.15) is 22.3 Å². The first kappa shape index (κ1) is 21.1. The molecular formula is C26H26O4. The first-order chi connectivity index (χ1) is 14.6. The van der Waals surface area contributed by atoms with Gasteiger partial charge in [0.15, 0.2) is 0 Å². The van der Waals surface area contributed by atoms with Crippen molar-refractivity contribution in [2.24, 2.45) is 0 Å². The number of benzene rings is 3. The van der Waals surface area contributed by atoms with Crippen LogP contribution in [0.2, 0.25) is 0 Å². The van der Waals surface area contributed by atoms with Crippen LogP contribution in [0.3, 0.4) is 0 Å². The molecular weight excluding hydrogens is 376 g/mol. The Balaban J connectivity index is 1.72. The average Bonchev–Trinajstić information content (AvgIpc) is 2.81. The highest BCUT2D eigenvalue weighted by molar-refractivity contribution is 5.74. The molecule has 0 aliphatic carbocycles. The molecule has 0 saturated heterocycles. The van der Waals surface area contributed by atoms with E-state index in [9.17, 15) is 0 Å². The highest BCUT2D eigenvalue weighted by Gasteiger charge is 2.01. The van der Waals surface area contributed by atoms with Crippen LogP contribution in [0.15, 0.2) is 60.7 Å². The predicted octanol–water partition coefficient (Wildman–Crippen LogP) is 6.06. The SMILES string of the molecule is COc1cc(/C=C/c2ccc(/C=C/c3cc(OC)cc(OC)c3)cc2)cc(OC)c1. The molecule has 0 radical (unpaired) electrons. The molecule has 0 bridgehead atoms. The fourth-order valence-electron chi connectivity index (χ4n) is 2.95. The minimum absolute atomic E-state index is 0.767. The maximum atomic E-state index is 5.32. The van der Waals surface area contributed by atoms with E-state index in [1.807, 2.05) is 48.6 Å². The molecule has 154 valence electrons. The van der Waals surface area contributed by atoms with Crippen molar-refractivity contribution in [1.29, 1.82) is 0 Å². The molecule has 0 fully saturated rings. The van der Waals surface area contributed by atoms with Crippen molar-refractivity contribution in [3.63, 3.8) is 0 Å². The van der Waals surface area contributed by atoms with Crippen LogP contribution in [-0.4, -0.2) is 28.4 Å². The van der Waals surface area contributed by atoms with Crippen molar-refractivity contribution in [2.75, 3.05) is 28.4 Å². The Morgan fingerprint density at radius 2 is 0.667 bits per heavy atom. The fourth-order valence-corrected chi connectivity index (χ4v) is 2.95. The third-order valence-electron chi connectivity index (χ3n) is 4.62. The van der Waals surface area contributed by atoms with Gasteiger partial charge in [0.05, 0.1) is 28.4 Å². The van der Waals surface area contributed by atoms with Crippen LogP contribution in [0.25, 0.3) is 24.3 Å². The van der Waals surface area contributed by atoms with Crippen molar-refractivity contribution in [2.45, 2.75) is 0 Å². The topological polar surface area (TPSA) is 36.9 Å². The largest absolute Gasteiger partial charge is 0.497 e. The van der Waals surface area contributed by atoms with Crippen molar-refractivity contribution >= 4 is 24.3 Å². The summed E-state index contributed by atoms with van der Waals surface area (Å²) in [6.45, 7) is 0. The van der Waals surface area contributed by atoms with Crippen LogP contribution in [0.4, 0.5) is 0 Å². The lowest BCUT2D eigenvalue weighted by molar-refractivity contribution is 0.394. The maximum absolute atomic E-state index is 5.32. The van der Waals surface area contributed by atoms with Gasteiger partial charge in [-0.1, -0.05) is 48.6 Å². The van der Waals surface area contributed by atoms with Crippen LogP contribution in [-0.2, 0) is 0 Å². The third kappa shape index (κ3) is 5.67. The summed E-state index contributed by atoms with van der Waals surface area (Å²) in [5, 5.41) is 0. The highest BCUT2D eigenvalue weighted by atomic mass is 16.5. The van der Waals surface area contributed by atoms with Gasteiger partial charge in [0, 0.05) is 12.1 Å². The summed E-state index contributed by atoms with van der Waals surface area (Å²) < 4.78 is 21.3. The van der Waals surface area contributed by atoms with Gasteiger partial charge in [-0.05, 0) is 46.5 Å². The lowest BCUT2D eigenvalue weighted by atomic mass is 10.1. The molecule has 0 atom stereocenters. The molecule has 0 aromatic heterocycles. The zero-order valence-corrected chi connectivity index (χ0v) is 17.7. The van der Waals surface area contributed by atoms with Gasteiger partial charge in [-0.2, -0.15) is 0 Å². The van der Waals surface area contributed by atoms with Gasteiger partial charge in [-0.3, -0.25) is 0 Å². The van der Waals surface area contributed by atoms with E-state index >= 15 is 0 Å². The molecule has 0 aliphatic rings. The summed E-state index contributed by atoms with van der Waals surface area (Å²) in [5.74, 6) is 3.07. The average molecular weight is 402 g/mol. The molecule has 0 spiro atoms. The Labute approximate surface area is 178 Å². The quantitative estimate of drug-likeness (QED) is 0.429. The number of methoxy groups -OCH3 is 4. The Morgan fingerprint density at radius 3 is 0.933 bits per heavy atom. The molecule has 0 N–H and O–H groups in total. The normalized spacial score (nSPS) is 11.1. The predicted molar refractivity (Wildman–Crippen MR) is 123 cm³/mol. The first-order valence-corrected chi connectivity index (χ1v) is 9.56. The molecule has 0 amide bonds. The molecule has 4 heteroatoms. The molecule has 30 heavy (non-hydrogen) atoms. The Kier molecular flexibility index (Phi) is 7.17. The summed E-state index contributed by atoms with van der Waals surface area (Å²) in [5.41, 5.74) is 4.25. The van der Waals surface area contributed by atoms with Crippen molar-refractivity contribution in [3.8, 4) is 23.0 Å². The maximum Gasteiger partial charge on any atom is 0.123 e. The molecule has 3 aromatic carbocycles. The van der Waals surface area contributed by atoms with Gasteiger partial charge in [0.1, 0.15) is 23.0 Å². The Hall–Kier alpha value is -3.66. The van der Waals surface area contributed by atoms with Gasteiger partial charge < -0.3 is 18.9 Å². The van der Waals surface area contributed by atoms with Gasteiger partial charge >= 0.3 is 0 Å². The first-order valence-electron chi connectivity index (χ1n) is 9.56. The second kappa shape index (κ2) is 10.2. The molecule has 3 aromatic rings. The summed E-state index contributed by atoms with van der Waals surface area (Å²) >= 11 is 0. The van der Waals surface area contributed by atoms with Gasteiger partial charge in [-0.15, -0.1) is 0 Å². The molecule has 0 heterocycles. The number of hydrogen-bond acceptors (Lipinski definition) is 4. The zero-order chi connectivity index (χ0) is 21.3.